The molecule has 5 heteroatoms. The van der Waals surface area contributed by atoms with Gasteiger partial charge in [-0.1, -0.05) is 17.7 Å². The van der Waals surface area contributed by atoms with Crippen molar-refractivity contribution in [2.75, 3.05) is 6.61 Å². The van der Waals surface area contributed by atoms with Crippen LogP contribution in [-0.4, -0.2) is 17.6 Å². The first-order valence-corrected chi connectivity index (χ1v) is 6.60. The van der Waals surface area contributed by atoms with Crippen LogP contribution in [-0.2, 0) is 4.74 Å². The van der Waals surface area contributed by atoms with E-state index in [0.29, 0.717) is 17.3 Å². The van der Waals surface area contributed by atoms with E-state index in [9.17, 15) is 4.79 Å². The van der Waals surface area contributed by atoms with Gasteiger partial charge in [-0.2, -0.15) is 0 Å². The number of aromatic amines is 1. The summed E-state index contributed by atoms with van der Waals surface area (Å²) < 4.78 is 5.78. The Bertz CT molecular complexity index is 580. The van der Waals surface area contributed by atoms with Crippen LogP contribution in [0.5, 0.6) is 0 Å². The van der Waals surface area contributed by atoms with E-state index in [1.807, 2.05) is 18.2 Å². The average Bonchev–Trinajstić information content (AvgIpc) is 2.82. The number of H-pyrrole nitrogens is 1. The molecule has 2 rings (SSSR count). The third kappa shape index (κ3) is 2.60. The maximum absolute atomic E-state index is 11.8. The fourth-order valence-corrected chi connectivity index (χ4v) is 2.14. The maximum Gasteiger partial charge on any atom is 0.355 e. The monoisotopic (exact) mass is 327 g/mol. The number of aromatic nitrogens is 1. The lowest BCUT2D eigenvalue weighted by Crippen LogP contribution is -2.06. The number of hydrogen-bond donors (Lipinski definition) is 1. The van der Waals surface area contributed by atoms with Gasteiger partial charge in [-0.3, -0.25) is 0 Å². The van der Waals surface area contributed by atoms with Gasteiger partial charge in [0.15, 0.2) is 0 Å². The van der Waals surface area contributed by atoms with Crippen LogP contribution in [0.4, 0.5) is 0 Å². The number of hydrogen-bond acceptors (Lipinski definition) is 2. The Morgan fingerprint density at radius 2 is 2.22 bits per heavy atom. The number of rotatable bonds is 3. The summed E-state index contributed by atoms with van der Waals surface area (Å²) in [7, 11) is 0. The largest absolute Gasteiger partial charge is 0.461 e. The quantitative estimate of drug-likeness (QED) is 0.855. The molecule has 18 heavy (non-hydrogen) atoms. The Labute approximate surface area is 118 Å². The average molecular weight is 329 g/mol. The molecule has 2 aromatic rings. The number of carbonyl (C=O) groups excluding carboxylic acids is 1. The fraction of sp³-hybridized carbons (Fsp3) is 0.154. The number of ether oxygens (including phenoxy) is 1. The maximum atomic E-state index is 11.8. The molecule has 0 aliphatic heterocycles. The van der Waals surface area contributed by atoms with Crippen molar-refractivity contribution < 1.29 is 9.53 Å². The second-order valence-corrected chi connectivity index (χ2v) is 4.88. The van der Waals surface area contributed by atoms with Crippen LogP contribution in [0.15, 0.2) is 34.9 Å². The van der Waals surface area contributed by atoms with Crippen molar-refractivity contribution >= 4 is 33.5 Å². The van der Waals surface area contributed by atoms with E-state index in [2.05, 4.69) is 20.9 Å². The molecule has 94 valence electrons. The summed E-state index contributed by atoms with van der Waals surface area (Å²) in [6.07, 6.45) is 1.71. The topological polar surface area (TPSA) is 42.1 Å². The minimum absolute atomic E-state index is 0.349. The molecule has 1 N–H and O–H groups in total. The van der Waals surface area contributed by atoms with Gasteiger partial charge in [-0.05, 0) is 46.6 Å². The highest BCUT2D eigenvalue weighted by Gasteiger charge is 2.15. The molecule has 0 aliphatic rings. The van der Waals surface area contributed by atoms with Crippen LogP contribution in [0.3, 0.4) is 0 Å². The molecule has 1 heterocycles. The SMILES string of the molecule is CCOC(=O)c1[nH]ccc1-c1ccc(Cl)c(Br)c1. The lowest BCUT2D eigenvalue weighted by molar-refractivity contribution is 0.0521. The van der Waals surface area contributed by atoms with Gasteiger partial charge < -0.3 is 9.72 Å². The van der Waals surface area contributed by atoms with Crippen molar-refractivity contribution in [3.63, 3.8) is 0 Å². The Hall–Kier alpha value is -1.26. The molecule has 0 bridgehead atoms. The summed E-state index contributed by atoms with van der Waals surface area (Å²) in [5.41, 5.74) is 2.15. The molecule has 3 nitrogen and oxygen atoms in total. The Morgan fingerprint density at radius 1 is 1.44 bits per heavy atom. The van der Waals surface area contributed by atoms with Gasteiger partial charge in [0.2, 0.25) is 0 Å². The van der Waals surface area contributed by atoms with Crippen molar-refractivity contribution in [3.05, 3.63) is 45.7 Å². The highest BCUT2D eigenvalue weighted by Crippen LogP contribution is 2.30. The molecule has 0 radical (unpaired) electrons. The molecule has 0 unspecified atom stereocenters. The normalized spacial score (nSPS) is 10.4. The third-order valence-electron chi connectivity index (χ3n) is 2.46. The van der Waals surface area contributed by atoms with Crippen LogP contribution in [0.2, 0.25) is 5.02 Å². The summed E-state index contributed by atoms with van der Waals surface area (Å²) in [6, 6.07) is 7.35. The molecule has 0 saturated carbocycles. The first-order chi connectivity index (χ1) is 8.63. The number of carbonyl (C=O) groups is 1. The van der Waals surface area contributed by atoms with E-state index in [4.69, 9.17) is 16.3 Å². The van der Waals surface area contributed by atoms with Gasteiger partial charge >= 0.3 is 5.97 Å². The molecule has 0 aliphatic carbocycles. The lowest BCUT2D eigenvalue weighted by Gasteiger charge is -2.05. The molecular formula is C13H11BrClNO2. The minimum atomic E-state index is -0.358. The molecule has 0 spiro atoms. The highest BCUT2D eigenvalue weighted by atomic mass is 79.9. The lowest BCUT2D eigenvalue weighted by atomic mass is 10.1. The van der Waals surface area contributed by atoms with E-state index in [-0.39, 0.29) is 5.97 Å². The molecule has 0 saturated heterocycles. The van der Waals surface area contributed by atoms with Gasteiger partial charge in [-0.25, -0.2) is 4.79 Å². The third-order valence-corrected chi connectivity index (χ3v) is 3.67. The summed E-state index contributed by atoms with van der Waals surface area (Å²) in [5.74, 6) is -0.358. The van der Waals surface area contributed by atoms with Crippen LogP contribution in [0.1, 0.15) is 17.4 Å². The van der Waals surface area contributed by atoms with E-state index < -0.39 is 0 Å². The van der Waals surface area contributed by atoms with Crippen molar-refractivity contribution in [3.8, 4) is 11.1 Å². The van der Waals surface area contributed by atoms with Gasteiger partial charge in [0.1, 0.15) is 5.69 Å². The summed E-state index contributed by atoms with van der Waals surface area (Å²) >= 11 is 9.31. The van der Waals surface area contributed by atoms with Crippen LogP contribution in [0, 0.1) is 0 Å². The molecule has 0 amide bonds. The van der Waals surface area contributed by atoms with E-state index in [1.54, 1.807) is 19.2 Å². The van der Waals surface area contributed by atoms with Crippen LogP contribution >= 0.6 is 27.5 Å². The zero-order valence-corrected chi connectivity index (χ0v) is 12.0. The summed E-state index contributed by atoms with van der Waals surface area (Å²) in [5, 5.41) is 0.631. The van der Waals surface area contributed by atoms with Crippen molar-refractivity contribution in [1.29, 1.82) is 0 Å². The Balaban J connectivity index is 2.42. The number of esters is 1. The zero-order valence-electron chi connectivity index (χ0n) is 9.67. The molecular weight excluding hydrogens is 318 g/mol. The molecule has 0 atom stereocenters. The van der Waals surface area contributed by atoms with Gasteiger partial charge in [0.05, 0.1) is 11.6 Å². The van der Waals surface area contributed by atoms with Crippen LogP contribution < -0.4 is 0 Å². The number of benzene rings is 1. The first-order valence-electron chi connectivity index (χ1n) is 5.43. The minimum Gasteiger partial charge on any atom is -0.461 e. The second kappa shape index (κ2) is 5.59. The predicted octanol–water partition coefficient (Wildman–Crippen LogP) is 4.27. The number of nitrogens with one attached hydrogen (secondary N) is 1. The summed E-state index contributed by atoms with van der Waals surface area (Å²) in [6.45, 7) is 2.13. The molecule has 1 aromatic heterocycles. The van der Waals surface area contributed by atoms with E-state index in [1.165, 1.54) is 0 Å². The van der Waals surface area contributed by atoms with Gasteiger partial charge in [0, 0.05) is 16.2 Å². The zero-order chi connectivity index (χ0) is 13.1. The van der Waals surface area contributed by atoms with Gasteiger partial charge in [0.25, 0.3) is 0 Å². The van der Waals surface area contributed by atoms with E-state index >= 15 is 0 Å². The Morgan fingerprint density at radius 3 is 2.89 bits per heavy atom. The second-order valence-electron chi connectivity index (χ2n) is 3.62. The van der Waals surface area contributed by atoms with Crippen molar-refractivity contribution in [1.82, 2.24) is 4.98 Å². The predicted molar refractivity (Wildman–Crippen MR) is 74.9 cm³/mol. The van der Waals surface area contributed by atoms with Gasteiger partial charge in [-0.15, -0.1) is 0 Å². The smallest absolute Gasteiger partial charge is 0.355 e. The van der Waals surface area contributed by atoms with Crippen LogP contribution in [0.25, 0.3) is 11.1 Å². The number of halogens is 2. The standard InChI is InChI=1S/C13H11BrClNO2/c1-2-18-13(17)12-9(5-6-16-12)8-3-4-11(15)10(14)7-8/h3-7,16H,2H2,1H3. The summed E-state index contributed by atoms with van der Waals surface area (Å²) in [4.78, 5) is 14.7. The fourth-order valence-electron chi connectivity index (χ4n) is 1.65. The highest BCUT2D eigenvalue weighted by molar-refractivity contribution is 9.10. The van der Waals surface area contributed by atoms with Crippen molar-refractivity contribution in [2.45, 2.75) is 6.92 Å². The Kier molecular flexibility index (Phi) is 4.09. The molecule has 0 fully saturated rings. The molecule has 1 aromatic carbocycles. The first kappa shape index (κ1) is 13.2. The van der Waals surface area contributed by atoms with E-state index in [0.717, 1.165) is 15.6 Å². The van der Waals surface area contributed by atoms with Crippen molar-refractivity contribution in [2.24, 2.45) is 0 Å².